The van der Waals surface area contributed by atoms with Crippen molar-refractivity contribution in [2.75, 3.05) is 18.9 Å². The van der Waals surface area contributed by atoms with Gasteiger partial charge >= 0.3 is 0 Å². The van der Waals surface area contributed by atoms with Crippen LogP contribution in [0.1, 0.15) is 15.9 Å². The molecule has 0 saturated carbocycles. The van der Waals surface area contributed by atoms with E-state index in [1.165, 1.54) is 4.90 Å². The third-order valence-electron chi connectivity index (χ3n) is 3.26. The molecule has 0 aromatic heterocycles. The van der Waals surface area contributed by atoms with Gasteiger partial charge in [-0.15, -0.1) is 0 Å². The molecule has 0 fully saturated rings. The van der Waals surface area contributed by atoms with Crippen LogP contribution in [0.2, 0.25) is 5.02 Å². The van der Waals surface area contributed by atoms with E-state index in [4.69, 9.17) is 11.6 Å². The molecule has 23 heavy (non-hydrogen) atoms. The van der Waals surface area contributed by atoms with Gasteiger partial charge in [0, 0.05) is 27.8 Å². The van der Waals surface area contributed by atoms with Crippen LogP contribution < -0.4 is 5.32 Å². The molecule has 0 atom stereocenters. The number of hydrogen-bond donors (Lipinski definition) is 1. The van der Waals surface area contributed by atoms with Crippen molar-refractivity contribution in [2.45, 2.75) is 6.92 Å². The van der Waals surface area contributed by atoms with E-state index in [-0.39, 0.29) is 18.4 Å². The first-order valence-electron chi connectivity index (χ1n) is 6.94. The number of likely N-dealkylation sites (N-methyl/N-ethyl adjacent to an activating group) is 1. The fraction of sp³-hybridized carbons (Fsp3) is 0.176. The van der Waals surface area contributed by atoms with Crippen LogP contribution in [-0.4, -0.2) is 30.3 Å². The number of nitrogens with zero attached hydrogens (tertiary/aromatic N) is 1. The summed E-state index contributed by atoms with van der Waals surface area (Å²) in [6, 6.07) is 12.2. The molecule has 1 N–H and O–H groups in total. The highest BCUT2D eigenvalue weighted by Gasteiger charge is 2.15. The maximum absolute atomic E-state index is 12.3. The molecule has 6 heteroatoms. The van der Waals surface area contributed by atoms with Crippen molar-refractivity contribution >= 4 is 45.0 Å². The van der Waals surface area contributed by atoms with Crippen molar-refractivity contribution < 1.29 is 9.59 Å². The molecule has 0 unspecified atom stereocenters. The summed E-state index contributed by atoms with van der Waals surface area (Å²) in [4.78, 5) is 25.8. The maximum Gasteiger partial charge on any atom is 0.254 e. The second-order valence-corrected chi connectivity index (χ2v) is 6.53. The zero-order valence-corrected chi connectivity index (χ0v) is 15.1. The van der Waals surface area contributed by atoms with Gasteiger partial charge < -0.3 is 10.2 Å². The molecular formula is C17H16BrClN2O2. The average molecular weight is 396 g/mol. The van der Waals surface area contributed by atoms with Crippen molar-refractivity contribution in [3.63, 3.8) is 0 Å². The summed E-state index contributed by atoms with van der Waals surface area (Å²) >= 11 is 9.26. The molecule has 2 amide bonds. The van der Waals surface area contributed by atoms with Crippen molar-refractivity contribution in [1.29, 1.82) is 0 Å². The van der Waals surface area contributed by atoms with Gasteiger partial charge in [0.05, 0.1) is 6.54 Å². The Labute approximate surface area is 148 Å². The zero-order chi connectivity index (χ0) is 17.0. The summed E-state index contributed by atoms with van der Waals surface area (Å²) in [5, 5.41) is 3.29. The van der Waals surface area contributed by atoms with Crippen LogP contribution >= 0.6 is 27.5 Å². The number of benzene rings is 2. The van der Waals surface area contributed by atoms with Crippen molar-refractivity contribution in [3.05, 3.63) is 63.1 Å². The molecule has 0 bridgehead atoms. The first-order chi connectivity index (χ1) is 10.9. The lowest BCUT2D eigenvalue weighted by Gasteiger charge is -2.17. The molecule has 0 aliphatic heterocycles. The zero-order valence-electron chi connectivity index (χ0n) is 12.8. The van der Waals surface area contributed by atoms with Crippen LogP contribution in [0.5, 0.6) is 0 Å². The number of hydrogen-bond acceptors (Lipinski definition) is 2. The van der Waals surface area contributed by atoms with Crippen LogP contribution in [0.3, 0.4) is 0 Å². The quantitative estimate of drug-likeness (QED) is 0.846. The second-order valence-electron chi connectivity index (χ2n) is 5.18. The van der Waals surface area contributed by atoms with E-state index in [0.717, 1.165) is 15.7 Å². The van der Waals surface area contributed by atoms with Gasteiger partial charge in [-0.3, -0.25) is 9.59 Å². The Morgan fingerprint density at radius 2 is 1.96 bits per heavy atom. The molecule has 0 spiro atoms. The highest BCUT2D eigenvalue weighted by molar-refractivity contribution is 9.10. The van der Waals surface area contributed by atoms with E-state index >= 15 is 0 Å². The smallest absolute Gasteiger partial charge is 0.254 e. The molecule has 0 heterocycles. The summed E-state index contributed by atoms with van der Waals surface area (Å²) < 4.78 is 0.946. The van der Waals surface area contributed by atoms with E-state index in [0.29, 0.717) is 10.6 Å². The van der Waals surface area contributed by atoms with Crippen molar-refractivity contribution in [2.24, 2.45) is 0 Å². The van der Waals surface area contributed by atoms with E-state index in [2.05, 4.69) is 21.2 Å². The fourth-order valence-electron chi connectivity index (χ4n) is 2.09. The summed E-state index contributed by atoms with van der Waals surface area (Å²) in [6.07, 6.45) is 0. The number of nitrogens with one attached hydrogen (secondary N) is 1. The largest absolute Gasteiger partial charge is 0.332 e. The standard InChI is InChI=1S/C17H16BrClN2O2/c1-11-8-13(18)6-7-15(11)20-16(22)10-21(2)17(23)12-4-3-5-14(19)9-12/h3-9H,10H2,1-2H3,(H,20,22). The summed E-state index contributed by atoms with van der Waals surface area (Å²) in [5.74, 6) is -0.511. The van der Waals surface area contributed by atoms with E-state index < -0.39 is 0 Å². The minimum absolute atomic E-state index is 0.0408. The summed E-state index contributed by atoms with van der Waals surface area (Å²) in [6.45, 7) is 1.86. The molecule has 0 saturated heterocycles. The van der Waals surface area contributed by atoms with Gasteiger partial charge in [0.2, 0.25) is 5.91 Å². The lowest BCUT2D eigenvalue weighted by molar-refractivity contribution is -0.116. The predicted molar refractivity (Wildman–Crippen MR) is 95.9 cm³/mol. The first-order valence-corrected chi connectivity index (χ1v) is 8.11. The summed E-state index contributed by atoms with van der Waals surface area (Å²) in [5.41, 5.74) is 2.12. The monoisotopic (exact) mass is 394 g/mol. The molecule has 0 aliphatic rings. The molecule has 0 radical (unpaired) electrons. The number of rotatable bonds is 4. The van der Waals surface area contributed by atoms with Crippen molar-refractivity contribution in [1.82, 2.24) is 4.90 Å². The van der Waals surface area contributed by atoms with Crippen LogP contribution in [0.25, 0.3) is 0 Å². The van der Waals surface area contributed by atoms with Gasteiger partial charge in [-0.25, -0.2) is 0 Å². The summed E-state index contributed by atoms with van der Waals surface area (Å²) in [7, 11) is 1.58. The van der Waals surface area contributed by atoms with Gasteiger partial charge in [0.1, 0.15) is 0 Å². The fourth-order valence-corrected chi connectivity index (χ4v) is 2.75. The van der Waals surface area contributed by atoms with Crippen molar-refractivity contribution in [3.8, 4) is 0 Å². The normalized spacial score (nSPS) is 10.3. The minimum Gasteiger partial charge on any atom is -0.332 e. The Morgan fingerprint density at radius 3 is 2.61 bits per heavy atom. The van der Waals surface area contributed by atoms with E-state index in [1.54, 1.807) is 31.3 Å². The third kappa shape index (κ3) is 4.81. The molecule has 2 rings (SSSR count). The Morgan fingerprint density at radius 1 is 1.22 bits per heavy atom. The highest BCUT2D eigenvalue weighted by Crippen LogP contribution is 2.20. The van der Waals surface area contributed by atoms with Gasteiger partial charge in [-0.1, -0.05) is 33.6 Å². The Hall–Kier alpha value is -1.85. The van der Waals surface area contributed by atoms with Gasteiger partial charge in [0.25, 0.3) is 5.91 Å². The van der Waals surface area contributed by atoms with Crippen LogP contribution in [0.15, 0.2) is 46.9 Å². The predicted octanol–water partition coefficient (Wildman–Crippen LogP) is 4.12. The van der Waals surface area contributed by atoms with Gasteiger partial charge in [-0.05, 0) is 48.9 Å². The molecule has 2 aromatic carbocycles. The second kappa shape index (κ2) is 7.62. The lowest BCUT2D eigenvalue weighted by atomic mass is 10.2. The third-order valence-corrected chi connectivity index (χ3v) is 3.99. The SMILES string of the molecule is Cc1cc(Br)ccc1NC(=O)CN(C)C(=O)c1cccc(Cl)c1. The Kier molecular flexibility index (Phi) is 5.80. The number of carbonyl (C=O) groups excluding carboxylic acids is 2. The maximum atomic E-state index is 12.3. The van der Waals surface area contributed by atoms with Gasteiger partial charge in [-0.2, -0.15) is 0 Å². The number of halogens is 2. The average Bonchev–Trinajstić information content (AvgIpc) is 2.49. The molecule has 2 aromatic rings. The van der Waals surface area contributed by atoms with Crippen LogP contribution in [0.4, 0.5) is 5.69 Å². The van der Waals surface area contributed by atoms with Crippen LogP contribution in [-0.2, 0) is 4.79 Å². The Bertz CT molecular complexity index is 749. The Balaban J connectivity index is 2.00. The lowest BCUT2D eigenvalue weighted by Crippen LogP contribution is -2.35. The topological polar surface area (TPSA) is 49.4 Å². The number of anilines is 1. The van der Waals surface area contributed by atoms with Gasteiger partial charge in [0.15, 0.2) is 0 Å². The first kappa shape index (κ1) is 17.5. The number of amides is 2. The van der Waals surface area contributed by atoms with Crippen LogP contribution in [0, 0.1) is 6.92 Å². The van der Waals surface area contributed by atoms with E-state index in [1.807, 2.05) is 25.1 Å². The molecule has 120 valence electrons. The number of aryl methyl sites for hydroxylation is 1. The molecular weight excluding hydrogens is 380 g/mol. The number of carbonyl (C=O) groups is 2. The molecule has 4 nitrogen and oxygen atoms in total. The highest BCUT2D eigenvalue weighted by atomic mass is 79.9. The minimum atomic E-state index is -0.256. The van der Waals surface area contributed by atoms with E-state index in [9.17, 15) is 9.59 Å². The molecule has 0 aliphatic carbocycles.